The largest absolute Gasteiger partial charge is 0.469 e. The molecule has 88 valence electrons. The predicted octanol–water partition coefficient (Wildman–Crippen LogP) is 0.750. The van der Waals surface area contributed by atoms with Gasteiger partial charge in [-0.2, -0.15) is 5.26 Å². The van der Waals surface area contributed by atoms with E-state index in [1.807, 2.05) is 0 Å². The maximum Gasteiger partial charge on any atom is 0.307 e. The fraction of sp³-hybridized carbons (Fsp3) is 0.727. The van der Waals surface area contributed by atoms with Crippen LogP contribution in [0.2, 0.25) is 0 Å². The highest BCUT2D eigenvalue weighted by molar-refractivity contribution is 5.86. The average Bonchev–Trinajstić information content (AvgIpc) is 2.78. The lowest BCUT2D eigenvalue weighted by Gasteiger charge is -2.18. The second-order valence-corrected chi connectivity index (χ2v) is 3.98. The first-order chi connectivity index (χ1) is 7.64. The SMILES string of the molecule is COC(=O)CCNC(=O)C1(C#N)CCCC1. The average molecular weight is 224 g/mol. The third kappa shape index (κ3) is 2.72. The molecule has 1 fully saturated rings. The number of hydrogen-bond donors (Lipinski definition) is 1. The number of hydrogen-bond acceptors (Lipinski definition) is 4. The summed E-state index contributed by atoms with van der Waals surface area (Å²) in [7, 11) is 1.30. The molecule has 0 unspecified atom stereocenters. The van der Waals surface area contributed by atoms with Crippen molar-refractivity contribution in [3.8, 4) is 6.07 Å². The van der Waals surface area contributed by atoms with Crippen LogP contribution in [0.3, 0.4) is 0 Å². The maximum atomic E-state index is 11.8. The fourth-order valence-electron chi connectivity index (χ4n) is 1.92. The third-order valence-corrected chi connectivity index (χ3v) is 2.95. The Balaban J connectivity index is 2.40. The summed E-state index contributed by atoms with van der Waals surface area (Å²) in [6.07, 6.45) is 3.21. The van der Waals surface area contributed by atoms with E-state index in [-0.39, 0.29) is 24.8 Å². The van der Waals surface area contributed by atoms with E-state index >= 15 is 0 Å². The van der Waals surface area contributed by atoms with Gasteiger partial charge in [-0.15, -0.1) is 0 Å². The van der Waals surface area contributed by atoms with Crippen LogP contribution in [0.5, 0.6) is 0 Å². The van der Waals surface area contributed by atoms with Crippen molar-refractivity contribution in [3.63, 3.8) is 0 Å². The highest BCUT2D eigenvalue weighted by atomic mass is 16.5. The highest BCUT2D eigenvalue weighted by Gasteiger charge is 2.41. The molecule has 1 amide bonds. The number of nitrogens with one attached hydrogen (secondary N) is 1. The van der Waals surface area contributed by atoms with Crippen LogP contribution in [-0.4, -0.2) is 25.5 Å². The lowest BCUT2D eigenvalue weighted by Crippen LogP contribution is -2.39. The van der Waals surface area contributed by atoms with E-state index in [1.54, 1.807) is 0 Å². The molecule has 0 aromatic rings. The van der Waals surface area contributed by atoms with Gasteiger partial charge in [0, 0.05) is 6.54 Å². The number of nitrogens with zero attached hydrogens (tertiary/aromatic N) is 1. The fourth-order valence-corrected chi connectivity index (χ4v) is 1.92. The predicted molar refractivity (Wildman–Crippen MR) is 56.2 cm³/mol. The van der Waals surface area contributed by atoms with Gasteiger partial charge in [-0.05, 0) is 12.8 Å². The zero-order valence-corrected chi connectivity index (χ0v) is 9.41. The summed E-state index contributed by atoms with van der Waals surface area (Å²) in [4.78, 5) is 22.6. The molecule has 1 rings (SSSR count). The maximum absolute atomic E-state index is 11.8. The summed E-state index contributed by atoms with van der Waals surface area (Å²) in [6, 6.07) is 2.10. The number of carbonyl (C=O) groups is 2. The normalized spacial score (nSPS) is 17.5. The zero-order chi connectivity index (χ0) is 12.0. The number of amides is 1. The lowest BCUT2D eigenvalue weighted by atomic mass is 9.87. The molecule has 0 aliphatic heterocycles. The molecule has 0 radical (unpaired) electrons. The van der Waals surface area contributed by atoms with Gasteiger partial charge in [0.25, 0.3) is 0 Å². The van der Waals surface area contributed by atoms with Gasteiger partial charge in [0.05, 0.1) is 19.6 Å². The van der Waals surface area contributed by atoms with Crippen LogP contribution in [0.15, 0.2) is 0 Å². The second-order valence-electron chi connectivity index (χ2n) is 3.98. The van der Waals surface area contributed by atoms with Crippen LogP contribution < -0.4 is 5.32 Å². The molecule has 0 atom stereocenters. The van der Waals surface area contributed by atoms with Crippen molar-refractivity contribution in [3.05, 3.63) is 0 Å². The Morgan fingerprint density at radius 3 is 2.56 bits per heavy atom. The Hall–Kier alpha value is -1.57. The molecule has 5 heteroatoms. The number of rotatable bonds is 4. The van der Waals surface area contributed by atoms with E-state index in [9.17, 15) is 9.59 Å². The number of esters is 1. The molecule has 1 saturated carbocycles. The topological polar surface area (TPSA) is 79.2 Å². The Kier molecular flexibility index (Phi) is 4.29. The molecule has 16 heavy (non-hydrogen) atoms. The van der Waals surface area contributed by atoms with E-state index in [2.05, 4.69) is 16.1 Å². The molecule has 1 aliphatic carbocycles. The smallest absolute Gasteiger partial charge is 0.307 e. The number of methoxy groups -OCH3 is 1. The first kappa shape index (κ1) is 12.5. The second kappa shape index (κ2) is 5.50. The summed E-state index contributed by atoms with van der Waals surface area (Å²) in [5.41, 5.74) is -0.865. The van der Waals surface area contributed by atoms with Gasteiger partial charge in [-0.25, -0.2) is 0 Å². The van der Waals surface area contributed by atoms with Crippen LogP contribution in [0, 0.1) is 16.7 Å². The van der Waals surface area contributed by atoms with Gasteiger partial charge < -0.3 is 10.1 Å². The molecule has 0 heterocycles. The standard InChI is InChI=1S/C11H16N2O3/c1-16-9(14)4-7-13-10(15)11(8-12)5-2-3-6-11/h2-7H2,1H3,(H,13,15). The monoisotopic (exact) mass is 224 g/mol. The zero-order valence-electron chi connectivity index (χ0n) is 9.41. The van der Waals surface area contributed by atoms with Gasteiger partial charge in [0.1, 0.15) is 5.41 Å². The Labute approximate surface area is 94.8 Å². The van der Waals surface area contributed by atoms with Crippen LogP contribution >= 0.6 is 0 Å². The summed E-state index contributed by atoms with van der Waals surface area (Å²) in [5.74, 6) is -0.617. The van der Waals surface area contributed by atoms with Crippen LogP contribution in [0.25, 0.3) is 0 Å². The molecule has 0 saturated heterocycles. The van der Waals surface area contributed by atoms with E-state index in [1.165, 1.54) is 7.11 Å². The molecule has 0 spiro atoms. The van der Waals surface area contributed by atoms with Gasteiger partial charge in [0.2, 0.25) is 5.91 Å². The van der Waals surface area contributed by atoms with Crippen LogP contribution in [0.1, 0.15) is 32.1 Å². The van der Waals surface area contributed by atoms with Gasteiger partial charge in [0.15, 0.2) is 0 Å². The van der Waals surface area contributed by atoms with Crippen molar-refractivity contribution in [1.29, 1.82) is 5.26 Å². The number of nitriles is 1. The summed E-state index contributed by atoms with van der Waals surface area (Å²) in [5, 5.41) is 11.7. The molecular weight excluding hydrogens is 208 g/mol. The summed E-state index contributed by atoms with van der Waals surface area (Å²) < 4.78 is 4.45. The minimum atomic E-state index is -0.865. The minimum Gasteiger partial charge on any atom is -0.469 e. The number of carbonyl (C=O) groups excluding carboxylic acids is 2. The van der Waals surface area contributed by atoms with Crippen molar-refractivity contribution in [2.24, 2.45) is 5.41 Å². The van der Waals surface area contributed by atoms with Crippen LogP contribution in [0.4, 0.5) is 0 Å². The molecule has 5 nitrogen and oxygen atoms in total. The molecular formula is C11H16N2O3. The molecule has 0 bridgehead atoms. The molecule has 1 N–H and O–H groups in total. The lowest BCUT2D eigenvalue weighted by molar-refractivity contribution is -0.140. The van der Waals surface area contributed by atoms with Crippen molar-refractivity contribution in [1.82, 2.24) is 5.32 Å². The third-order valence-electron chi connectivity index (χ3n) is 2.95. The van der Waals surface area contributed by atoms with Crippen molar-refractivity contribution in [2.75, 3.05) is 13.7 Å². The van der Waals surface area contributed by atoms with Gasteiger partial charge in [-0.1, -0.05) is 12.8 Å². The van der Waals surface area contributed by atoms with Crippen molar-refractivity contribution >= 4 is 11.9 Å². The first-order valence-corrected chi connectivity index (χ1v) is 5.41. The molecule has 1 aliphatic rings. The van der Waals surface area contributed by atoms with E-state index in [0.717, 1.165) is 12.8 Å². The molecule has 0 aromatic heterocycles. The summed E-state index contributed by atoms with van der Waals surface area (Å²) >= 11 is 0. The Morgan fingerprint density at radius 2 is 2.06 bits per heavy atom. The number of ether oxygens (including phenoxy) is 1. The Bertz CT molecular complexity index is 314. The highest BCUT2D eigenvalue weighted by Crippen LogP contribution is 2.37. The van der Waals surface area contributed by atoms with Crippen LogP contribution in [-0.2, 0) is 14.3 Å². The van der Waals surface area contributed by atoms with Gasteiger partial charge >= 0.3 is 5.97 Å². The summed E-state index contributed by atoms with van der Waals surface area (Å²) in [6.45, 7) is 0.231. The minimum absolute atomic E-state index is 0.143. The van der Waals surface area contributed by atoms with Crippen molar-refractivity contribution < 1.29 is 14.3 Å². The quantitative estimate of drug-likeness (QED) is 0.714. The first-order valence-electron chi connectivity index (χ1n) is 5.41. The Morgan fingerprint density at radius 1 is 1.44 bits per heavy atom. The van der Waals surface area contributed by atoms with E-state index in [4.69, 9.17) is 5.26 Å². The van der Waals surface area contributed by atoms with E-state index in [0.29, 0.717) is 12.8 Å². The van der Waals surface area contributed by atoms with E-state index < -0.39 is 5.41 Å². The van der Waals surface area contributed by atoms with Crippen molar-refractivity contribution in [2.45, 2.75) is 32.1 Å². The van der Waals surface area contributed by atoms with Gasteiger partial charge in [-0.3, -0.25) is 9.59 Å². The molecule has 0 aromatic carbocycles.